The lowest BCUT2D eigenvalue weighted by molar-refractivity contribution is -0.127. The molecule has 0 radical (unpaired) electrons. The number of ether oxygens (including phenoxy) is 1. The fraction of sp³-hybridized carbons (Fsp3) is 0.192. The van der Waals surface area contributed by atoms with Gasteiger partial charge in [0.1, 0.15) is 17.2 Å². The summed E-state index contributed by atoms with van der Waals surface area (Å²) < 4.78 is 7.98. The zero-order valence-electron chi connectivity index (χ0n) is 17.7. The number of hydrogen-bond acceptors (Lipinski definition) is 4. The van der Waals surface area contributed by atoms with Gasteiger partial charge in [-0.2, -0.15) is 5.10 Å². The number of hydrogen-bond donors (Lipinski definition) is 0. The van der Waals surface area contributed by atoms with Gasteiger partial charge in [-0.05, 0) is 61.4 Å². The van der Waals surface area contributed by atoms with Crippen LogP contribution in [0.4, 0.5) is 0 Å². The molecular weight excluding hydrogens is 400 g/mol. The molecule has 0 saturated carbocycles. The first-order chi connectivity index (χ1) is 15.7. The Morgan fingerprint density at radius 2 is 1.84 bits per heavy atom. The van der Waals surface area contributed by atoms with Crippen LogP contribution in [0.1, 0.15) is 18.9 Å². The van der Waals surface area contributed by atoms with Crippen LogP contribution in [0.5, 0.6) is 11.5 Å². The van der Waals surface area contributed by atoms with E-state index in [1.54, 1.807) is 6.20 Å². The summed E-state index contributed by atoms with van der Waals surface area (Å²) in [5, 5.41) is 5.99. The largest absolute Gasteiger partial charge is 0.457 e. The average Bonchev–Trinajstić information content (AvgIpc) is 3.24. The Labute approximate surface area is 186 Å². The average molecular weight is 425 g/mol. The SMILES string of the molecule is C=CC(=O)N1CCCC(n2nc(-c3ccc(Oc4ccccc4)cc3)c3cnccc32)C1. The van der Waals surface area contributed by atoms with E-state index >= 15 is 0 Å². The second-order valence-electron chi connectivity index (χ2n) is 7.91. The number of amides is 1. The number of carbonyl (C=O) groups excluding carboxylic acids is 1. The van der Waals surface area contributed by atoms with Gasteiger partial charge in [0.2, 0.25) is 5.91 Å². The Kier molecular flexibility index (Phi) is 5.42. The summed E-state index contributed by atoms with van der Waals surface area (Å²) in [4.78, 5) is 18.3. The van der Waals surface area contributed by atoms with Crippen molar-refractivity contribution in [2.45, 2.75) is 18.9 Å². The number of fused-ring (bicyclic) bond motifs is 1. The van der Waals surface area contributed by atoms with E-state index in [1.807, 2.05) is 71.8 Å². The highest BCUT2D eigenvalue weighted by atomic mass is 16.5. The van der Waals surface area contributed by atoms with Gasteiger partial charge in [-0.15, -0.1) is 0 Å². The van der Waals surface area contributed by atoms with Crippen LogP contribution < -0.4 is 4.74 Å². The highest BCUT2D eigenvalue weighted by Crippen LogP contribution is 2.33. The van der Waals surface area contributed by atoms with Gasteiger partial charge in [-0.1, -0.05) is 24.8 Å². The Morgan fingerprint density at radius 1 is 1.06 bits per heavy atom. The van der Waals surface area contributed by atoms with E-state index < -0.39 is 0 Å². The van der Waals surface area contributed by atoms with Gasteiger partial charge in [0, 0.05) is 36.4 Å². The molecule has 1 aliphatic rings. The second kappa shape index (κ2) is 8.67. The summed E-state index contributed by atoms with van der Waals surface area (Å²) in [7, 11) is 0. The Bertz CT molecular complexity index is 1250. The quantitative estimate of drug-likeness (QED) is 0.411. The van der Waals surface area contributed by atoms with Crippen molar-refractivity contribution in [3.63, 3.8) is 0 Å². The summed E-state index contributed by atoms with van der Waals surface area (Å²) in [6.45, 7) is 5.02. The fourth-order valence-electron chi connectivity index (χ4n) is 4.27. The Balaban J connectivity index is 1.46. The molecule has 1 fully saturated rings. The zero-order valence-corrected chi connectivity index (χ0v) is 17.7. The molecule has 0 spiro atoms. The van der Waals surface area contributed by atoms with Crippen LogP contribution in [0.3, 0.4) is 0 Å². The van der Waals surface area contributed by atoms with Crippen LogP contribution in [-0.4, -0.2) is 38.7 Å². The third-order valence-electron chi connectivity index (χ3n) is 5.84. The Morgan fingerprint density at radius 3 is 2.62 bits per heavy atom. The van der Waals surface area contributed by atoms with Crippen LogP contribution in [-0.2, 0) is 4.79 Å². The molecule has 2 aromatic carbocycles. The van der Waals surface area contributed by atoms with E-state index in [4.69, 9.17) is 9.84 Å². The van der Waals surface area contributed by atoms with E-state index in [0.29, 0.717) is 6.54 Å². The fourth-order valence-corrected chi connectivity index (χ4v) is 4.27. The van der Waals surface area contributed by atoms with E-state index in [-0.39, 0.29) is 11.9 Å². The minimum Gasteiger partial charge on any atom is -0.457 e. The van der Waals surface area contributed by atoms with Crippen LogP contribution in [0.15, 0.2) is 85.7 Å². The first kappa shape index (κ1) is 20.0. The molecule has 1 atom stereocenters. The molecular formula is C26H24N4O2. The normalized spacial score (nSPS) is 16.1. The van der Waals surface area contributed by atoms with Gasteiger partial charge < -0.3 is 9.64 Å². The van der Waals surface area contributed by atoms with Gasteiger partial charge in [0.05, 0.1) is 11.6 Å². The third-order valence-corrected chi connectivity index (χ3v) is 5.84. The molecule has 6 nitrogen and oxygen atoms in total. The summed E-state index contributed by atoms with van der Waals surface area (Å²) >= 11 is 0. The van der Waals surface area contributed by atoms with Crippen molar-refractivity contribution in [1.82, 2.24) is 19.7 Å². The lowest BCUT2D eigenvalue weighted by Crippen LogP contribution is -2.40. The maximum atomic E-state index is 12.2. The molecule has 5 rings (SSSR count). The van der Waals surface area contributed by atoms with Crippen molar-refractivity contribution >= 4 is 16.8 Å². The maximum Gasteiger partial charge on any atom is 0.246 e. The highest BCUT2D eigenvalue weighted by Gasteiger charge is 2.26. The number of rotatable bonds is 5. The number of piperidine rings is 1. The predicted molar refractivity (Wildman–Crippen MR) is 125 cm³/mol. The van der Waals surface area contributed by atoms with Crippen LogP contribution >= 0.6 is 0 Å². The number of aromatic nitrogens is 3. The molecule has 160 valence electrons. The van der Waals surface area contributed by atoms with Gasteiger partial charge in [-0.3, -0.25) is 14.5 Å². The van der Waals surface area contributed by atoms with Crippen molar-refractivity contribution in [2.75, 3.05) is 13.1 Å². The molecule has 1 aliphatic heterocycles. The predicted octanol–water partition coefficient (Wildman–Crippen LogP) is 5.24. The molecule has 1 saturated heterocycles. The third kappa shape index (κ3) is 3.87. The van der Waals surface area contributed by atoms with E-state index in [0.717, 1.165) is 53.0 Å². The van der Waals surface area contributed by atoms with E-state index in [2.05, 4.69) is 16.2 Å². The molecule has 0 bridgehead atoms. The van der Waals surface area contributed by atoms with Crippen molar-refractivity contribution in [1.29, 1.82) is 0 Å². The summed E-state index contributed by atoms with van der Waals surface area (Å²) in [6, 6.07) is 19.8. The molecule has 1 amide bonds. The zero-order chi connectivity index (χ0) is 21.9. The van der Waals surface area contributed by atoms with Gasteiger partial charge in [0.15, 0.2) is 0 Å². The van der Waals surface area contributed by atoms with E-state index in [1.165, 1.54) is 6.08 Å². The number of benzene rings is 2. The minimum atomic E-state index is -0.0259. The molecule has 6 heteroatoms. The second-order valence-corrected chi connectivity index (χ2v) is 7.91. The highest BCUT2D eigenvalue weighted by molar-refractivity contribution is 5.93. The molecule has 32 heavy (non-hydrogen) atoms. The number of pyridine rings is 1. The summed E-state index contributed by atoms with van der Waals surface area (Å²) in [5.41, 5.74) is 2.90. The molecule has 1 unspecified atom stereocenters. The molecule has 4 aromatic rings. The lowest BCUT2D eigenvalue weighted by atomic mass is 10.1. The summed E-state index contributed by atoms with van der Waals surface area (Å²) in [6.07, 6.45) is 6.95. The number of nitrogens with zero attached hydrogens (tertiary/aromatic N) is 4. The minimum absolute atomic E-state index is 0.0259. The van der Waals surface area contributed by atoms with Crippen molar-refractivity contribution in [2.24, 2.45) is 0 Å². The Hall–Kier alpha value is -3.93. The topological polar surface area (TPSA) is 60.2 Å². The number of likely N-dealkylation sites (tertiary alicyclic amines) is 1. The molecule has 0 N–H and O–H groups in total. The van der Waals surface area contributed by atoms with Crippen LogP contribution in [0.25, 0.3) is 22.2 Å². The number of para-hydroxylation sites is 1. The monoisotopic (exact) mass is 424 g/mol. The molecule has 2 aromatic heterocycles. The van der Waals surface area contributed by atoms with Crippen LogP contribution in [0.2, 0.25) is 0 Å². The summed E-state index contributed by atoms with van der Waals surface area (Å²) in [5.74, 6) is 1.55. The molecule has 3 heterocycles. The van der Waals surface area contributed by atoms with Crippen molar-refractivity contribution < 1.29 is 9.53 Å². The number of carbonyl (C=O) groups is 1. The van der Waals surface area contributed by atoms with Gasteiger partial charge in [-0.25, -0.2) is 0 Å². The van der Waals surface area contributed by atoms with Crippen molar-refractivity contribution in [3.8, 4) is 22.8 Å². The lowest BCUT2D eigenvalue weighted by Gasteiger charge is -2.32. The van der Waals surface area contributed by atoms with Gasteiger partial charge >= 0.3 is 0 Å². The van der Waals surface area contributed by atoms with Crippen molar-refractivity contribution in [3.05, 3.63) is 85.7 Å². The smallest absolute Gasteiger partial charge is 0.246 e. The van der Waals surface area contributed by atoms with E-state index in [9.17, 15) is 4.79 Å². The standard InChI is InChI=1S/C26H24N4O2/c1-2-25(31)29-16-6-7-20(18-29)30-24-14-15-27-17-23(24)26(28-30)19-10-12-22(13-11-19)32-21-8-4-3-5-9-21/h2-5,8-15,17,20H,1,6-7,16,18H2. The van der Waals surface area contributed by atoms with Gasteiger partial charge in [0.25, 0.3) is 0 Å². The maximum absolute atomic E-state index is 12.2. The van der Waals surface area contributed by atoms with Crippen LogP contribution in [0, 0.1) is 0 Å². The molecule has 0 aliphatic carbocycles. The first-order valence-electron chi connectivity index (χ1n) is 10.8. The first-order valence-corrected chi connectivity index (χ1v) is 10.8.